The Morgan fingerprint density at radius 2 is 1.91 bits per heavy atom. The molecule has 0 heterocycles. The van der Waals surface area contributed by atoms with Gasteiger partial charge in [0.15, 0.2) is 0 Å². The van der Waals surface area contributed by atoms with Gasteiger partial charge < -0.3 is 5.32 Å². The van der Waals surface area contributed by atoms with Gasteiger partial charge in [-0.1, -0.05) is 62.4 Å². The van der Waals surface area contributed by atoms with E-state index in [9.17, 15) is 4.79 Å². The minimum absolute atomic E-state index is 0.0777. The van der Waals surface area contributed by atoms with Crippen molar-refractivity contribution >= 4 is 22.4 Å². The van der Waals surface area contributed by atoms with Crippen molar-refractivity contribution in [2.45, 2.75) is 33.1 Å². The molecular weight excluding hydrogens is 282 g/mol. The number of carbonyl (C=O) groups is 1. The molecule has 4 rings (SSSR count). The van der Waals surface area contributed by atoms with Gasteiger partial charge in [-0.25, -0.2) is 0 Å². The highest BCUT2D eigenvalue weighted by atomic mass is 16.2. The van der Waals surface area contributed by atoms with E-state index in [2.05, 4.69) is 43.9 Å². The van der Waals surface area contributed by atoms with E-state index >= 15 is 0 Å². The van der Waals surface area contributed by atoms with Crippen LogP contribution in [0.25, 0.3) is 10.8 Å². The fourth-order valence-electron chi connectivity index (χ4n) is 4.72. The first kappa shape index (κ1) is 14.5. The van der Waals surface area contributed by atoms with Gasteiger partial charge in [0.25, 0.3) is 0 Å². The molecule has 0 spiro atoms. The molecule has 0 saturated heterocycles. The number of nitrogens with one attached hydrogen (secondary N) is 1. The third-order valence-corrected chi connectivity index (χ3v) is 6.36. The molecule has 0 aliphatic heterocycles. The van der Waals surface area contributed by atoms with Crippen LogP contribution in [0.4, 0.5) is 5.69 Å². The number of hydrogen-bond acceptors (Lipinski definition) is 1. The Bertz CT molecular complexity index is 814. The highest BCUT2D eigenvalue weighted by Crippen LogP contribution is 2.65. The largest absolute Gasteiger partial charge is 0.325 e. The molecule has 118 valence electrons. The van der Waals surface area contributed by atoms with E-state index in [4.69, 9.17) is 0 Å². The molecule has 2 bridgehead atoms. The van der Waals surface area contributed by atoms with E-state index in [1.807, 2.05) is 24.3 Å². The normalized spacial score (nSPS) is 28.3. The molecular formula is C21H23NO. The van der Waals surface area contributed by atoms with Crippen molar-refractivity contribution in [3.63, 3.8) is 0 Å². The van der Waals surface area contributed by atoms with Crippen molar-refractivity contribution in [3.05, 3.63) is 54.6 Å². The van der Waals surface area contributed by atoms with E-state index in [0.29, 0.717) is 5.92 Å². The van der Waals surface area contributed by atoms with Gasteiger partial charge in [0, 0.05) is 11.1 Å². The molecule has 0 radical (unpaired) electrons. The summed E-state index contributed by atoms with van der Waals surface area (Å²) < 4.78 is 0. The summed E-state index contributed by atoms with van der Waals surface area (Å²) in [7, 11) is 0. The van der Waals surface area contributed by atoms with Gasteiger partial charge >= 0.3 is 0 Å². The Morgan fingerprint density at radius 3 is 2.65 bits per heavy atom. The standard InChI is InChI=1S/C21H23NO/c1-14-20(2,3)16-11-12-21(14,13-16)19(23)22-18-10-6-8-15-7-4-5-9-17(15)18/h4-10,16H,1,11-13H2,2-3H3,(H,22,23)/t16-,21-/m1/s1. The quantitative estimate of drug-likeness (QED) is 0.763. The second-order valence-corrected chi connectivity index (χ2v) is 7.70. The lowest BCUT2D eigenvalue weighted by Gasteiger charge is -2.37. The van der Waals surface area contributed by atoms with Crippen molar-refractivity contribution in [2.75, 3.05) is 5.32 Å². The number of anilines is 1. The molecule has 0 aromatic heterocycles. The average Bonchev–Trinajstić information content (AvgIpc) is 3.08. The predicted molar refractivity (Wildman–Crippen MR) is 95.3 cm³/mol. The topological polar surface area (TPSA) is 29.1 Å². The maximum Gasteiger partial charge on any atom is 0.234 e. The molecule has 2 atom stereocenters. The SMILES string of the molecule is C=C1C(C)(C)[C@@H]2CC[C@@]1(C(=O)Nc1cccc3ccccc13)C2. The van der Waals surface area contributed by atoms with Crippen LogP contribution in [0, 0.1) is 16.7 Å². The number of hydrogen-bond donors (Lipinski definition) is 1. The van der Waals surface area contributed by atoms with E-state index in [1.54, 1.807) is 0 Å². The monoisotopic (exact) mass is 305 g/mol. The summed E-state index contributed by atoms with van der Waals surface area (Å²) in [6, 6.07) is 14.2. The van der Waals surface area contributed by atoms with Crippen molar-refractivity contribution in [1.29, 1.82) is 0 Å². The van der Waals surface area contributed by atoms with Crippen LogP contribution in [0.15, 0.2) is 54.6 Å². The summed E-state index contributed by atoms with van der Waals surface area (Å²) in [4.78, 5) is 13.2. The lowest BCUT2D eigenvalue weighted by atomic mass is 9.68. The second-order valence-electron chi connectivity index (χ2n) is 7.70. The molecule has 1 N–H and O–H groups in total. The molecule has 2 aromatic rings. The maximum absolute atomic E-state index is 13.2. The number of fused-ring (bicyclic) bond motifs is 3. The molecule has 2 saturated carbocycles. The van der Waals surface area contributed by atoms with Gasteiger partial charge in [0.05, 0.1) is 5.41 Å². The molecule has 1 amide bonds. The Labute approximate surface area is 137 Å². The predicted octanol–water partition coefficient (Wildman–Crippen LogP) is 5.16. The summed E-state index contributed by atoms with van der Waals surface area (Å²) in [6.07, 6.45) is 3.03. The van der Waals surface area contributed by atoms with Gasteiger partial charge in [0.1, 0.15) is 0 Å². The highest BCUT2D eigenvalue weighted by Gasteiger charge is 2.60. The zero-order chi connectivity index (χ0) is 16.2. The Hall–Kier alpha value is -2.09. The Morgan fingerprint density at radius 1 is 1.17 bits per heavy atom. The fraction of sp³-hybridized carbons (Fsp3) is 0.381. The van der Waals surface area contributed by atoms with Gasteiger partial charge in [-0.2, -0.15) is 0 Å². The molecule has 2 heteroatoms. The molecule has 2 aromatic carbocycles. The number of rotatable bonds is 2. The van der Waals surface area contributed by atoms with Crippen molar-refractivity contribution in [1.82, 2.24) is 0 Å². The molecule has 0 unspecified atom stereocenters. The minimum Gasteiger partial charge on any atom is -0.325 e. The van der Waals surface area contributed by atoms with Crippen LogP contribution >= 0.6 is 0 Å². The van der Waals surface area contributed by atoms with Crippen LogP contribution in [-0.4, -0.2) is 5.91 Å². The van der Waals surface area contributed by atoms with E-state index in [-0.39, 0.29) is 16.7 Å². The van der Waals surface area contributed by atoms with E-state index < -0.39 is 0 Å². The number of carbonyl (C=O) groups excluding carboxylic acids is 1. The number of benzene rings is 2. The van der Waals surface area contributed by atoms with Gasteiger partial charge in [0.2, 0.25) is 5.91 Å². The van der Waals surface area contributed by atoms with Crippen molar-refractivity contribution < 1.29 is 4.79 Å². The first-order chi connectivity index (χ1) is 10.9. The second kappa shape index (κ2) is 4.70. The van der Waals surface area contributed by atoms with Crippen molar-refractivity contribution in [3.8, 4) is 0 Å². The van der Waals surface area contributed by atoms with Gasteiger partial charge in [-0.3, -0.25) is 4.79 Å². The van der Waals surface area contributed by atoms with Gasteiger partial charge in [-0.05, 0) is 42.0 Å². The maximum atomic E-state index is 13.2. The van der Waals surface area contributed by atoms with Crippen LogP contribution < -0.4 is 5.32 Å². The van der Waals surface area contributed by atoms with Gasteiger partial charge in [-0.15, -0.1) is 0 Å². The first-order valence-electron chi connectivity index (χ1n) is 8.44. The van der Waals surface area contributed by atoms with E-state index in [1.165, 1.54) is 0 Å². The Kier molecular flexibility index (Phi) is 2.96. The molecule has 2 aliphatic carbocycles. The highest BCUT2D eigenvalue weighted by molar-refractivity contribution is 6.05. The zero-order valence-electron chi connectivity index (χ0n) is 13.9. The molecule has 23 heavy (non-hydrogen) atoms. The van der Waals surface area contributed by atoms with Crippen LogP contribution in [0.1, 0.15) is 33.1 Å². The molecule has 2 aliphatic rings. The third kappa shape index (κ3) is 1.90. The zero-order valence-corrected chi connectivity index (χ0v) is 13.9. The molecule has 2 nitrogen and oxygen atoms in total. The summed E-state index contributed by atoms with van der Waals surface area (Å²) in [5, 5.41) is 5.46. The van der Waals surface area contributed by atoms with Crippen LogP contribution in [-0.2, 0) is 4.79 Å². The summed E-state index contributed by atoms with van der Waals surface area (Å²) in [6.45, 7) is 8.81. The van der Waals surface area contributed by atoms with Crippen molar-refractivity contribution in [2.24, 2.45) is 16.7 Å². The van der Waals surface area contributed by atoms with Crippen LogP contribution in [0.5, 0.6) is 0 Å². The minimum atomic E-state index is -0.370. The Balaban J connectivity index is 1.70. The third-order valence-electron chi connectivity index (χ3n) is 6.36. The van der Waals surface area contributed by atoms with E-state index in [0.717, 1.165) is 41.3 Å². The lowest BCUT2D eigenvalue weighted by molar-refractivity contribution is -0.123. The van der Waals surface area contributed by atoms with Crippen LogP contribution in [0.3, 0.4) is 0 Å². The lowest BCUT2D eigenvalue weighted by Crippen LogP contribution is -2.37. The smallest absolute Gasteiger partial charge is 0.234 e. The average molecular weight is 305 g/mol. The summed E-state index contributed by atoms with van der Waals surface area (Å²) in [5.74, 6) is 0.722. The molecule has 2 fully saturated rings. The summed E-state index contributed by atoms with van der Waals surface area (Å²) >= 11 is 0. The number of amides is 1. The summed E-state index contributed by atoms with van der Waals surface area (Å²) in [5.41, 5.74) is 1.74. The van der Waals surface area contributed by atoms with Crippen LogP contribution in [0.2, 0.25) is 0 Å². The first-order valence-corrected chi connectivity index (χ1v) is 8.44. The fourth-order valence-corrected chi connectivity index (χ4v) is 4.72.